The molecule has 0 fully saturated rings. The highest BCUT2D eigenvalue weighted by Gasteiger charge is 2.19. The first-order chi connectivity index (χ1) is 39.0. The molecule has 0 aliphatic heterocycles. The predicted octanol–water partition coefficient (Wildman–Crippen LogP) is 22.3. The number of ether oxygens (including phenoxy) is 3. The third kappa shape index (κ3) is 64.0. The first-order valence-corrected chi connectivity index (χ1v) is 32.3. The summed E-state index contributed by atoms with van der Waals surface area (Å²) in [5, 5.41) is 0. The number of hydrogen-bond donors (Lipinski definition) is 0. The lowest BCUT2D eigenvalue weighted by atomic mass is 10.1. The van der Waals surface area contributed by atoms with Gasteiger partial charge in [0.2, 0.25) is 0 Å². The van der Waals surface area contributed by atoms with Gasteiger partial charge in [0.15, 0.2) is 6.10 Å². The van der Waals surface area contributed by atoms with Crippen LogP contribution in [0.4, 0.5) is 0 Å². The van der Waals surface area contributed by atoms with Gasteiger partial charge in [-0.05, 0) is 141 Å². The van der Waals surface area contributed by atoms with Crippen LogP contribution in [0.15, 0.2) is 146 Å². The van der Waals surface area contributed by atoms with E-state index < -0.39 is 6.10 Å². The second-order valence-electron chi connectivity index (χ2n) is 20.9. The van der Waals surface area contributed by atoms with Gasteiger partial charge in [0.05, 0.1) is 0 Å². The van der Waals surface area contributed by atoms with Gasteiger partial charge < -0.3 is 14.2 Å². The van der Waals surface area contributed by atoms with Crippen molar-refractivity contribution in [3.05, 3.63) is 146 Å². The summed E-state index contributed by atoms with van der Waals surface area (Å²) in [6.07, 6.45) is 94.2. The van der Waals surface area contributed by atoms with E-state index in [1.807, 2.05) is 0 Å². The molecule has 446 valence electrons. The minimum Gasteiger partial charge on any atom is -0.462 e. The van der Waals surface area contributed by atoms with Crippen molar-refractivity contribution in [3.8, 4) is 0 Å². The van der Waals surface area contributed by atoms with Crippen molar-refractivity contribution < 1.29 is 28.6 Å². The molecule has 0 N–H and O–H groups in total. The third-order valence-electron chi connectivity index (χ3n) is 13.3. The molecule has 0 amide bonds. The Balaban J connectivity index is 4.46. The highest BCUT2D eigenvalue weighted by atomic mass is 16.6. The third-order valence-corrected chi connectivity index (χ3v) is 13.3. The van der Waals surface area contributed by atoms with Gasteiger partial charge in [-0.1, -0.05) is 263 Å². The smallest absolute Gasteiger partial charge is 0.306 e. The van der Waals surface area contributed by atoms with Crippen LogP contribution in [0, 0.1) is 0 Å². The highest BCUT2D eigenvalue weighted by molar-refractivity contribution is 5.71. The van der Waals surface area contributed by atoms with E-state index in [4.69, 9.17) is 14.2 Å². The average Bonchev–Trinajstić information content (AvgIpc) is 3.45. The summed E-state index contributed by atoms with van der Waals surface area (Å²) >= 11 is 0. The van der Waals surface area contributed by atoms with Gasteiger partial charge in [0.25, 0.3) is 0 Å². The summed E-state index contributed by atoms with van der Waals surface area (Å²) in [5.41, 5.74) is 0. The summed E-state index contributed by atoms with van der Waals surface area (Å²) in [4.78, 5) is 38.3. The quantitative estimate of drug-likeness (QED) is 0.0261. The fourth-order valence-electron chi connectivity index (χ4n) is 8.47. The topological polar surface area (TPSA) is 78.9 Å². The Hall–Kier alpha value is -4.71. The van der Waals surface area contributed by atoms with Crippen LogP contribution in [0.1, 0.15) is 278 Å². The molecule has 0 rings (SSSR count). The van der Waals surface area contributed by atoms with Gasteiger partial charge in [-0.3, -0.25) is 14.4 Å². The molecule has 0 saturated heterocycles. The largest absolute Gasteiger partial charge is 0.462 e. The van der Waals surface area contributed by atoms with Crippen molar-refractivity contribution in [2.75, 3.05) is 13.2 Å². The molecule has 0 aromatic rings. The van der Waals surface area contributed by atoms with Crippen LogP contribution < -0.4 is 0 Å². The summed E-state index contributed by atoms with van der Waals surface area (Å²) in [7, 11) is 0. The van der Waals surface area contributed by atoms with E-state index >= 15 is 0 Å². The summed E-state index contributed by atoms with van der Waals surface area (Å²) in [6, 6.07) is 0. The van der Waals surface area contributed by atoms with Crippen LogP contribution >= 0.6 is 0 Å². The first kappa shape index (κ1) is 74.3. The molecular formula is C73H118O6. The molecule has 0 spiro atoms. The number of carbonyl (C=O) groups excluding carboxylic acids is 3. The molecule has 79 heavy (non-hydrogen) atoms. The first-order valence-electron chi connectivity index (χ1n) is 32.3. The zero-order valence-electron chi connectivity index (χ0n) is 51.1. The van der Waals surface area contributed by atoms with Crippen molar-refractivity contribution >= 4 is 17.9 Å². The zero-order chi connectivity index (χ0) is 57.1. The minimum absolute atomic E-state index is 0.104. The van der Waals surface area contributed by atoms with Gasteiger partial charge in [0, 0.05) is 19.3 Å². The maximum atomic E-state index is 12.9. The molecule has 6 heteroatoms. The van der Waals surface area contributed by atoms with E-state index in [0.29, 0.717) is 19.3 Å². The Morgan fingerprint density at radius 2 is 0.519 bits per heavy atom. The summed E-state index contributed by atoms with van der Waals surface area (Å²) < 4.78 is 16.9. The number of esters is 3. The van der Waals surface area contributed by atoms with E-state index in [1.165, 1.54) is 77.0 Å². The van der Waals surface area contributed by atoms with E-state index in [9.17, 15) is 14.4 Å². The van der Waals surface area contributed by atoms with Crippen LogP contribution in [0.5, 0.6) is 0 Å². The number of carbonyl (C=O) groups is 3. The molecule has 0 aliphatic rings. The summed E-state index contributed by atoms with van der Waals surface area (Å²) in [6.45, 7) is 6.41. The lowest BCUT2D eigenvalue weighted by molar-refractivity contribution is -0.167. The van der Waals surface area contributed by atoms with Crippen molar-refractivity contribution in [2.45, 2.75) is 284 Å². The molecule has 0 radical (unpaired) electrons. The number of allylic oxidation sites excluding steroid dienone is 24. The van der Waals surface area contributed by atoms with E-state index in [-0.39, 0.29) is 31.1 Å². The Kier molecular flexibility index (Phi) is 61.9. The molecule has 0 bridgehead atoms. The van der Waals surface area contributed by atoms with Gasteiger partial charge in [-0.25, -0.2) is 0 Å². The second kappa shape index (κ2) is 65.8. The van der Waals surface area contributed by atoms with Crippen molar-refractivity contribution in [2.24, 2.45) is 0 Å². The number of unbranched alkanes of at least 4 members (excludes halogenated alkanes) is 22. The van der Waals surface area contributed by atoms with Crippen LogP contribution in [-0.4, -0.2) is 37.2 Å². The lowest BCUT2D eigenvalue weighted by Crippen LogP contribution is -2.30. The lowest BCUT2D eigenvalue weighted by Gasteiger charge is -2.18. The zero-order valence-corrected chi connectivity index (χ0v) is 51.1. The van der Waals surface area contributed by atoms with E-state index in [0.717, 1.165) is 161 Å². The van der Waals surface area contributed by atoms with Gasteiger partial charge in [-0.15, -0.1) is 0 Å². The van der Waals surface area contributed by atoms with Crippen LogP contribution in [0.2, 0.25) is 0 Å². The van der Waals surface area contributed by atoms with Crippen LogP contribution in [0.25, 0.3) is 0 Å². The maximum absolute atomic E-state index is 12.9. The molecule has 0 heterocycles. The Morgan fingerprint density at radius 3 is 0.835 bits per heavy atom. The molecular weight excluding hydrogens is 973 g/mol. The standard InChI is InChI=1S/C73H118O6/c1-4-7-10-13-16-19-22-25-27-29-31-33-35-36-38-39-41-43-45-48-51-54-57-60-63-66-72(75)78-69-70(68-77-71(74)65-62-59-56-53-50-47-24-21-18-15-12-9-6-3)79-73(76)67-64-61-58-55-52-49-46-44-42-40-37-34-32-30-28-26-23-20-17-14-11-8-5-2/h7,10,12,15-16,19,21,23-27,30-33,36-38,40-41,43,48,51,70H,4-6,8-9,11,13-14,17-18,20,22,28-29,34-35,39,42,44-47,49-50,52-69H2,1-3H3/b10-7-,15-12-,19-16-,24-21-,26-23-,27-25-,32-30-,33-31-,38-36-,40-37-,43-41-,51-48-. The predicted molar refractivity (Wildman–Crippen MR) is 343 cm³/mol. The van der Waals surface area contributed by atoms with E-state index in [2.05, 4.69) is 167 Å². The molecule has 6 nitrogen and oxygen atoms in total. The minimum atomic E-state index is -0.810. The Bertz CT molecular complexity index is 1730. The molecule has 1 unspecified atom stereocenters. The van der Waals surface area contributed by atoms with Crippen LogP contribution in [-0.2, 0) is 28.6 Å². The van der Waals surface area contributed by atoms with E-state index in [1.54, 1.807) is 0 Å². The van der Waals surface area contributed by atoms with Crippen molar-refractivity contribution in [1.29, 1.82) is 0 Å². The second-order valence-corrected chi connectivity index (χ2v) is 20.9. The fourth-order valence-corrected chi connectivity index (χ4v) is 8.47. The highest BCUT2D eigenvalue weighted by Crippen LogP contribution is 2.14. The Morgan fingerprint density at radius 1 is 0.266 bits per heavy atom. The number of rotatable bonds is 57. The fraction of sp³-hybridized carbons (Fsp3) is 0.630. The molecule has 0 aromatic carbocycles. The average molecular weight is 1090 g/mol. The number of hydrogen-bond acceptors (Lipinski definition) is 6. The Labute approximate surface area is 487 Å². The van der Waals surface area contributed by atoms with Gasteiger partial charge >= 0.3 is 17.9 Å². The van der Waals surface area contributed by atoms with Gasteiger partial charge in [0.1, 0.15) is 13.2 Å². The summed E-state index contributed by atoms with van der Waals surface area (Å²) in [5.74, 6) is -0.959. The monoisotopic (exact) mass is 1090 g/mol. The van der Waals surface area contributed by atoms with Crippen molar-refractivity contribution in [1.82, 2.24) is 0 Å². The van der Waals surface area contributed by atoms with Crippen molar-refractivity contribution in [3.63, 3.8) is 0 Å². The SMILES string of the molecule is CC/C=C\C/C=C\C/C=C\C/C=C\C/C=C\C/C=C\C/C=C\CCCCCC(=O)OCC(COC(=O)CCCCCCC/C=C\C/C=C\CCC)OC(=O)CCCCCCCCCC/C=C\C/C=C\C/C=C\CCCCCCC. The van der Waals surface area contributed by atoms with Crippen LogP contribution in [0.3, 0.4) is 0 Å². The normalized spacial score (nSPS) is 13.1. The molecule has 0 aromatic heterocycles. The molecule has 0 saturated carbocycles. The van der Waals surface area contributed by atoms with Gasteiger partial charge in [-0.2, -0.15) is 0 Å². The molecule has 0 aliphatic carbocycles. The molecule has 1 atom stereocenters. The maximum Gasteiger partial charge on any atom is 0.306 e.